The zero-order valence-electron chi connectivity index (χ0n) is 14.0. The van der Waals surface area contributed by atoms with Gasteiger partial charge in [-0.15, -0.1) is 0 Å². The molecule has 0 aromatic heterocycles. The van der Waals surface area contributed by atoms with Gasteiger partial charge < -0.3 is 14.9 Å². The second kappa shape index (κ2) is 12.9. The molecule has 0 spiro atoms. The molecule has 0 radical (unpaired) electrons. The molecule has 0 bridgehead atoms. The van der Waals surface area contributed by atoms with E-state index in [1.807, 2.05) is 0 Å². The second-order valence-electron chi connectivity index (χ2n) is 6.55. The molecular formula is C18H34O4. The van der Waals surface area contributed by atoms with Gasteiger partial charge in [-0.1, -0.05) is 57.8 Å². The monoisotopic (exact) mass is 314 g/mol. The summed E-state index contributed by atoms with van der Waals surface area (Å²) in [4.78, 5) is 10.4. The summed E-state index contributed by atoms with van der Waals surface area (Å²) in [7, 11) is 0. The van der Waals surface area contributed by atoms with Crippen molar-refractivity contribution < 1.29 is 19.7 Å². The van der Waals surface area contributed by atoms with Crippen molar-refractivity contribution in [3.05, 3.63) is 0 Å². The maximum absolute atomic E-state index is 10.4. The molecule has 1 aliphatic heterocycles. The van der Waals surface area contributed by atoms with Crippen LogP contribution >= 0.6 is 0 Å². The quantitative estimate of drug-likeness (QED) is 0.329. The highest BCUT2D eigenvalue weighted by atomic mass is 16.6. The fourth-order valence-electron chi connectivity index (χ4n) is 3.00. The van der Waals surface area contributed by atoms with E-state index in [1.54, 1.807) is 0 Å². The van der Waals surface area contributed by atoms with Gasteiger partial charge in [0.2, 0.25) is 0 Å². The average molecular weight is 314 g/mol. The van der Waals surface area contributed by atoms with E-state index in [-0.39, 0.29) is 0 Å². The minimum absolute atomic E-state index is 0.313. The van der Waals surface area contributed by atoms with E-state index in [4.69, 9.17) is 14.9 Å². The molecule has 0 amide bonds. The van der Waals surface area contributed by atoms with Crippen LogP contribution in [0, 0.1) is 0 Å². The molecule has 0 saturated carbocycles. The lowest BCUT2D eigenvalue weighted by atomic mass is 10.0. The van der Waals surface area contributed by atoms with Crippen molar-refractivity contribution in [2.75, 3.05) is 6.61 Å². The Balaban J connectivity index is 1.76. The smallest absolute Gasteiger partial charge is 0.303 e. The topological polar surface area (TPSA) is 70.1 Å². The summed E-state index contributed by atoms with van der Waals surface area (Å²) in [6.45, 7) is 0.331. The molecule has 0 aliphatic carbocycles. The number of aliphatic hydroxyl groups excluding tert-OH is 1. The molecule has 1 unspecified atom stereocenters. The van der Waals surface area contributed by atoms with Gasteiger partial charge in [-0.25, -0.2) is 0 Å². The Morgan fingerprint density at radius 3 is 1.68 bits per heavy atom. The highest BCUT2D eigenvalue weighted by Crippen LogP contribution is 2.31. The fourth-order valence-corrected chi connectivity index (χ4v) is 3.00. The van der Waals surface area contributed by atoms with Crippen molar-refractivity contribution >= 4 is 5.97 Å². The van der Waals surface area contributed by atoms with Gasteiger partial charge in [0.05, 0.1) is 12.2 Å². The third-order valence-corrected chi connectivity index (χ3v) is 4.46. The Morgan fingerprint density at radius 2 is 1.18 bits per heavy atom. The maximum Gasteiger partial charge on any atom is 0.303 e. The number of hydrogen-bond donors (Lipinski definition) is 2. The lowest BCUT2D eigenvalue weighted by Gasteiger charge is -2.00. The molecule has 1 aliphatic rings. The lowest BCUT2D eigenvalue weighted by Crippen LogP contribution is -1.95. The highest BCUT2D eigenvalue weighted by molar-refractivity contribution is 5.66. The van der Waals surface area contributed by atoms with E-state index in [0.29, 0.717) is 25.2 Å². The van der Waals surface area contributed by atoms with Crippen LogP contribution in [0.15, 0.2) is 0 Å². The Hall–Kier alpha value is -0.610. The number of rotatable bonds is 16. The molecular weight excluding hydrogens is 280 g/mol. The molecule has 0 aromatic rings. The maximum atomic E-state index is 10.4. The molecule has 130 valence electrons. The first-order chi connectivity index (χ1) is 10.7. The fraction of sp³-hybridized carbons (Fsp3) is 0.944. The van der Waals surface area contributed by atoms with Crippen molar-refractivity contribution in [3.63, 3.8) is 0 Å². The zero-order chi connectivity index (χ0) is 16.0. The van der Waals surface area contributed by atoms with E-state index in [1.165, 1.54) is 51.4 Å². The third-order valence-electron chi connectivity index (χ3n) is 4.46. The van der Waals surface area contributed by atoms with Gasteiger partial charge in [-0.05, 0) is 25.7 Å². The number of aliphatic hydroxyl groups is 1. The summed E-state index contributed by atoms with van der Waals surface area (Å²) in [5, 5.41) is 17.2. The van der Waals surface area contributed by atoms with Crippen LogP contribution in [-0.2, 0) is 9.53 Å². The Morgan fingerprint density at radius 1 is 0.727 bits per heavy atom. The predicted molar refractivity (Wildman–Crippen MR) is 88.0 cm³/mol. The van der Waals surface area contributed by atoms with Crippen LogP contribution < -0.4 is 0 Å². The number of epoxide rings is 1. The molecule has 4 nitrogen and oxygen atoms in total. The van der Waals surface area contributed by atoms with Gasteiger partial charge >= 0.3 is 5.97 Å². The van der Waals surface area contributed by atoms with Crippen LogP contribution in [0.3, 0.4) is 0 Å². The van der Waals surface area contributed by atoms with E-state index >= 15 is 0 Å². The van der Waals surface area contributed by atoms with Gasteiger partial charge in [-0.2, -0.15) is 0 Å². The third kappa shape index (κ3) is 11.0. The van der Waals surface area contributed by atoms with Crippen LogP contribution in [0.1, 0.15) is 89.9 Å². The van der Waals surface area contributed by atoms with Gasteiger partial charge in [0, 0.05) is 13.0 Å². The Kier molecular flexibility index (Phi) is 11.4. The van der Waals surface area contributed by atoms with Gasteiger partial charge in [0.15, 0.2) is 0 Å². The zero-order valence-corrected chi connectivity index (χ0v) is 14.0. The van der Waals surface area contributed by atoms with Gasteiger partial charge in [0.1, 0.15) is 0 Å². The van der Waals surface area contributed by atoms with Crippen LogP contribution in [0.2, 0.25) is 0 Å². The first kappa shape index (κ1) is 19.4. The van der Waals surface area contributed by atoms with E-state index in [0.717, 1.165) is 32.1 Å². The van der Waals surface area contributed by atoms with Crippen molar-refractivity contribution in [1.29, 1.82) is 0 Å². The summed E-state index contributed by atoms with van der Waals surface area (Å²) < 4.78 is 5.71. The second-order valence-corrected chi connectivity index (χ2v) is 6.55. The summed E-state index contributed by atoms with van der Waals surface area (Å²) in [5.41, 5.74) is 0. The SMILES string of the molecule is O=C(O)CCCCCCC[C@@H]1OC1CCCCCCCCO. The molecule has 1 fully saturated rings. The van der Waals surface area contributed by atoms with E-state index in [2.05, 4.69) is 0 Å². The van der Waals surface area contributed by atoms with E-state index in [9.17, 15) is 4.79 Å². The number of aliphatic carboxylic acids is 1. The molecule has 1 saturated heterocycles. The molecule has 22 heavy (non-hydrogen) atoms. The van der Waals surface area contributed by atoms with Crippen molar-refractivity contribution in [3.8, 4) is 0 Å². The first-order valence-corrected chi connectivity index (χ1v) is 9.22. The van der Waals surface area contributed by atoms with Crippen LogP contribution in [0.4, 0.5) is 0 Å². The Bertz CT molecular complexity index is 280. The number of carboxylic acid groups (broad SMARTS) is 1. The number of ether oxygens (including phenoxy) is 1. The van der Waals surface area contributed by atoms with Crippen molar-refractivity contribution in [1.82, 2.24) is 0 Å². The molecule has 2 N–H and O–H groups in total. The molecule has 1 heterocycles. The minimum Gasteiger partial charge on any atom is -0.481 e. The van der Waals surface area contributed by atoms with Crippen LogP contribution in [0.25, 0.3) is 0 Å². The summed E-state index contributed by atoms with van der Waals surface area (Å²) in [6.07, 6.45) is 16.4. The summed E-state index contributed by atoms with van der Waals surface area (Å²) in [6, 6.07) is 0. The first-order valence-electron chi connectivity index (χ1n) is 9.22. The van der Waals surface area contributed by atoms with Gasteiger partial charge in [-0.3, -0.25) is 4.79 Å². The van der Waals surface area contributed by atoms with Crippen LogP contribution in [-0.4, -0.2) is 35.0 Å². The number of unbranched alkanes of at least 4 members (excludes halogenated alkanes) is 9. The lowest BCUT2D eigenvalue weighted by molar-refractivity contribution is -0.137. The number of carboxylic acids is 1. The molecule has 0 aromatic carbocycles. The average Bonchev–Trinajstić information content (AvgIpc) is 3.23. The minimum atomic E-state index is -0.678. The summed E-state index contributed by atoms with van der Waals surface area (Å²) in [5.74, 6) is -0.678. The van der Waals surface area contributed by atoms with E-state index < -0.39 is 5.97 Å². The summed E-state index contributed by atoms with van der Waals surface area (Å²) >= 11 is 0. The predicted octanol–water partition coefficient (Wildman–Crippen LogP) is 4.29. The highest BCUT2D eigenvalue weighted by Gasteiger charge is 2.36. The van der Waals surface area contributed by atoms with Gasteiger partial charge in [0.25, 0.3) is 0 Å². The number of hydrogen-bond acceptors (Lipinski definition) is 3. The standard InChI is InChI=1S/C18H34O4/c19-15-11-7-2-1-4-8-12-16-17(22-16)13-9-5-3-6-10-14-18(20)21/h16-17,19H,1-15H2,(H,20,21)/t16?,17-/m0/s1. The molecule has 4 heteroatoms. The number of carbonyl (C=O) groups is 1. The Labute approximate surface area is 135 Å². The molecule has 1 rings (SSSR count). The van der Waals surface area contributed by atoms with Crippen molar-refractivity contribution in [2.45, 2.75) is 102 Å². The molecule has 2 atom stereocenters. The van der Waals surface area contributed by atoms with Crippen molar-refractivity contribution in [2.24, 2.45) is 0 Å². The largest absolute Gasteiger partial charge is 0.481 e. The normalized spacial score (nSPS) is 20.2. The van der Waals surface area contributed by atoms with Crippen LogP contribution in [0.5, 0.6) is 0 Å².